The molecule has 0 bridgehead atoms. The van der Waals surface area contributed by atoms with Crippen LogP contribution < -0.4 is 0 Å². The highest BCUT2D eigenvalue weighted by molar-refractivity contribution is 9.10. The van der Waals surface area contributed by atoms with Crippen LogP contribution in [0, 0.1) is 0 Å². The van der Waals surface area contributed by atoms with E-state index in [0.29, 0.717) is 17.9 Å². The lowest BCUT2D eigenvalue weighted by Crippen LogP contribution is -2.15. The molecule has 1 aromatic rings. The van der Waals surface area contributed by atoms with Crippen LogP contribution in [0.1, 0.15) is 10.4 Å². The van der Waals surface area contributed by atoms with E-state index in [9.17, 15) is 9.00 Å². The number of hydrogen-bond acceptors (Lipinski definition) is 3. The minimum atomic E-state index is -1.15. The van der Waals surface area contributed by atoms with E-state index in [4.69, 9.17) is 4.74 Å². The van der Waals surface area contributed by atoms with E-state index in [1.165, 1.54) is 0 Å². The number of carbonyl (C=O) groups excluding carboxylic acids is 1. The zero-order valence-electron chi connectivity index (χ0n) is 8.94. The van der Waals surface area contributed by atoms with Gasteiger partial charge in [-0.15, -0.1) is 0 Å². The van der Waals surface area contributed by atoms with Crippen LogP contribution in [-0.4, -0.2) is 35.2 Å². The predicted octanol–water partition coefficient (Wildman–Crippen LogP) is 2.03. The summed E-state index contributed by atoms with van der Waals surface area (Å²) in [6, 6.07) is 7.14. The Bertz CT molecular complexity index is 393. The zero-order chi connectivity index (χ0) is 12.0. The molecule has 0 aliphatic carbocycles. The maximum absolute atomic E-state index is 11.8. The lowest BCUT2D eigenvalue weighted by atomic mass is 10.1. The molecule has 1 atom stereocenters. The number of Topliss-reactive ketones (excluding diaryl/α,β-unsaturated/α-hetero) is 1. The Morgan fingerprint density at radius 3 is 2.75 bits per heavy atom. The summed E-state index contributed by atoms with van der Waals surface area (Å²) < 4.78 is 17.0. The Balaban J connectivity index is 2.59. The van der Waals surface area contributed by atoms with E-state index in [-0.39, 0.29) is 11.5 Å². The molecule has 0 aliphatic rings. The van der Waals surface area contributed by atoms with Crippen LogP contribution in [-0.2, 0) is 15.5 Å². The number of carbonyl (C=O) groups is 1. The molecule has 0 saturated carbocycles. The Morgan fingerprint density at radius 1 is 1.44 bits per heavy atom. The van der Waals surface area contributed by atoms with Crippen LogP contribution in [0.4, 0.5) is 0 Å². The molecule has 3 nitrogen and oxygen atoms in total. The van der Waals surface area contributed by atoms with E-state index in [1.54, 1.807) is 25.3 Å². The Hall–Kier alpha value is -0.520. The first kappa shape index (κ1) is 13.5. The highest BCUT2D eigenvalue weighted by Gasteiger charge is 2.12. The van der Waals surface area contributed by atoms with Crippen molar-refractivity contribution in [3.63, 3.8) is 0 Å². The van der Waals surface area contributed by atoms with Crippen molar-refractivity contribution in [3.8, 4) is 0 Å². The fourth-order valence-corrected chi connectivity index (χ4v) is 2.61. The van der Waals surface area contributed by atoms with Crippen molar-refractivity contribution < 1.29 is 13.7 Å². The molecule has 1 aromatic carbocycles. The standard InChI is InChI=1S/C11H13BrO3S/c1-15-6-7-16(14)8-11(13)9-4-2-3-5-10(9)12/h2-5H,6-8H2,1H3. The van der Waals surface area contributed by atoms with E-state index >= 15 is 0 Å². The summed E-state index contributed by atoms with van der Waals surface area (Å²) in [5.41, 5.74) is 0.577. The van der Waals surface area contributed by atoms with E-state index < -0.39 is 10.8 Å². The van der Waals surface area contributed by atoms with Crippen molar-refractivity contribution in [2.24, 2.45) is 0 Å². The van der Waals surface area contributed by atoms with Crippen molar-refractivity contribution in [1.82, 2.24) is 0 Å². The maximum Gasteiger partial charge on any atom is 0.176 e. The molecule has 0 aliphatic heterocycles. The molecule has 16 heavy (non-hydrogen) atoms. The van der Waals surface area contributed by atoms with Gasteiger partial charge >= 0.3 is 0 Å². The second-order valence-corrected chi connectivity index (χ2v) is 5.62. The zero-order valence-corrected chi connectivity index (χ0v) is 11.3. The van der Waals surface area contributed by atoms with Crippen LogP contribution in [0.15, 0.2) is 28.7 Å². The van der Waals surface area contributed by atoms with Crippen molar-refractivity contribution in [2.75, 3.05) is 25.2 Å². The van der Waals surface area contributed by atoms with Crippen molar-refractivity contribution >= 4 is 32.5 Å². The molecule has 5 heteroatoms. The largest absolute Gasteiger partial charge is 0.384 e. The maximum atomic E-state index is 11.8. The molecule has 0 N–H and O–H groups in total. The van der Waals surface area contributed by atoms with Gasteiger partial charge in [-0.3, -0.25) is 9.00 Å². The van der Waals surface area contributed by atoms with Gasteiger partial charge in [-0.25, -0.2) is 0 Å². The first-order valence-electron chi connectivity index (χ1n) is 4.76. The van der Waals surface area contributed by atoms with Gasteiger partial charge in [-0.05, 0) is 6.07 Å². The van der Waals surface area contributed by atoms with Gasteiger partial charge in [0.25, 0.3) is 0 Å². The van der Waals surface area contributed by atoms with Gasteiger partial charge in [-0.1, -0.05) is 34.1 Å². The number of methoxy groups -OCH3 is 1. The van der Waals surface area contributed by atoms with Crippen LogP contribution in [0.3, 0.4) is 0 Å². The minimum absolute atomic E-state index is 0.0476. The normalized spacial score (nSPS) is 12.4. The second-order valence-electron chi connectivity index (χ2n) is 3.18. The third-order valence-corrected chi connectivity index (χ3v) is 3.88. The number of ketones is 1. The van der Waals surface area contributed by atoms with E-state index in [0.717, 1.165) is 4.47 Å². The lowest BCUT2D eigenvalue weighted by Gasteiger charge is -2.03. The van der Waals surface area contributed by atoms with Crippen molar-refractivity contribution in [2.45, 2.75) is 0 Å². The van der Waals surface area contributed by atoms with E-state index in [2.05, 4.69) is 15.9 Å². The fourth-order valence-electron chi connectivity index (χ4n) is 1.16. The van der Waals surface area contributed by atoms with Crippen LogP contribution in [0.5, 0.6) is 0 Å². The van der Waals surface area contributed by atoms with Gasteiger partial charge in [0.05, 0.1) is 12.4 Å². The van der Waals surface area contributed by atoms with Gasteiger partial charge in [0.15, 0.2) is 5.78 Å². The topological polar surface area (TPSA) is 43.4 Å². The average molecular weight is 305 g/mol. The van der Waals surface area contributed by atoms with Gasteiger partial charge in [0.1, 0.15) is 0 Å². The fraction of sp³-hybridized carbons (Fsp3) is 0.364. The molecule has 88 valence electrons. The number of benzene rings is 1. The molecule has 1 rings (SSSR count). The first-order chi connectivity index (χ1) is 7.65. The summed E-state index contributed by atoms with van der Waals surface area (Å²) in [4.78, 5) is 11.8. The molecule has 0 heterocycles. The van der Waals surface area contributed by atoms with Gasteiger partial charge in [0.2, 0.25) is 0 Å². The smallest absolute Gasteiger partial charge is 0.176 e. The summed E-state index contributed by atoms with van der Waals surface area (Å²) in [5.74, 6) is 0.334. The summed E-state index contributed by atoms with van der Waals surface area (Å²) in [6.07, 6.45) is 0. The molecule has 0 spiro atoms. The predicted molar refractivity (Wildman–Crippen MR) is 68.2 cm³/mol. The van der Waals surface area contributed by atoms with Gasteiger partial charge < -0.3 is 4.74 Å². The molecule has 0 fully saturated rings. The summed E-state index contributed by atoms with van der Waals surface area (Å²) in [7, 11) is 0.394. The quantitative estimate of drug-likeness (QED) is 0.755. The molecule has 0 radical (unpaired) electrons. The molecule has 0 aromatic heterocycles. The molecule has 1 unspecified atom stereocenters. The Kier molecular flexibility index (Phi) is 5.87. The summed E-state index contributed by atoms with van der Waals surface area (Å²) in [5, 5.41) is 0. The highest BCUT2D eigenvalue weighted by Crippen LogP contribution is 2.16. The average Bonchev–Trinajstić information content (AvgIpc) is 2.26. The van der Waals surface area contributed by atoms with Crippen molar-refractivity contribution in [1.29, 1.82) is 0 Å². The Morgan fingerprint density at radius 2 is 2.12 bits per heavy atom. The molecule has 0 saturated heterocycles. The molecular formula is C11H13BrO3S. The van der Waals surface area contributed by atoms with Crippen molar-refractivity contribution in [3.05, 3.63) is 34.3 Å². The SMILES string of the molecule is COCCS(=O)CC(=O)c1ccccc1Br. The molecular weight excluding hydrogens is 292 g/mol. The first-order valence-corrected chi connectivity index (χ1v) is 7.05. The Labute approximate surface area is 106 Å². The summed E-state index contributed by atoms with van der Waals surface area (Å²) >= 11 is 3.29. The van der Waals surface area contributed by atoms with Crippen LogP contribution >= 0.6 is 15.9 Å². The van der Waals surface area contributed by atoms with Gasteiger partial charge in [-0.2, -0.15) is 0 Å². The molecule has 0 amide bonds. The summed E-state index contributed by atoms with van der Waals surface area (Å²) in [6.45, 7) is 0.413. The third-order valence-electron chi connectivity index (χ3n) is 1.98. The van der Waals surface area contributed by atoms with E-state index in [1.807, 2.05) is 6.07 Å². The monoisotopic (exact) mass is 304 g/mol. The number of rotatable bonds is 6. The number of ether oxygens (including phenoxy) is 1. The third kappa shape index (κ3) is 4.15. The van der Waals surface area contributed by atoms with Crippen LogP contribution in [0.2, 0.25) is 0 Å². The van der Waals surface area contributed by atoms with Crippen LogP contribution in [0.25, 0.3) is 0 Å². The second kappa shape index (κ2) is 6.93. The van der Waals surface area contributed by atoms with Gasteiger partial charge in [0, 0.05) is 33.7 Å². The minimum Gasteiger partial charge on any atom is -0.384 e. The highest BCUT2D eigenvalue weighted by atomic mass is 79.9. The lowest BCUT2D eigenvalue weighted by molar-refractivity contribution is 0.102. The number of hydrogen-bond donors (Lipinski definition) is 0. The number of halogens is 1.